The van der Waals surface area contributed by atoms with Gasteiger partial charge in [-0.1, -0.05) is 0 Å². The van der Waals surface area contributed by atoms with Gasteiger partial charge in [-0.25, -0.2) is 9.59 Å². The van der Waals surface area contributed by atoms with Crippen LogP contribution in [0.2, 0.25) is 0 Å². The lowest BCUT2D eigenvalue weighted by Gasteiger charge is -1.88. The Balaban J connectivity index is 4.10. The molecule has 0 bridgehead atoms. The smallest absolute Gasteiger partial charge is 0.372 e. The van der Waals surface area contributed by atoms with Crippen LogP contribution in [0.3, 0.4) is 0 Å². The zero-order valence-corrected chi connectivity index (χ0v) is 6.39. The predicted molar refractivity (Wildman–Crippen MR) is 39.0 cm³/mol. The topological polar surface area (TPSA) is 109 Å². The lowest BCUT2D eigenvalue weighted by molar-refractivity contribution is -0.149. The molecule has 6 nitrogen and oxygen atoms in total. The molecule has 6 heteroatoms. The number of carbonyl (C=O) groups excluding carboxylic acids is 2. The van der Waals surface area contributed by atoms with E-state index >= 15 is 0 Å². The maximum atomic E-state index is 10.6. The molecular formula is C7H6O6. The molecule has 2 N–H and O–H groups in total. The first-order valence-electron chi connectivity index (χ1n) is 3.13. The number of Topliss-reactive ketones (excluding diaryl/α,β-unsaturated/α-hetero) is 1. The molecule has 0 aromatic heterocycles. The number of hydrogen-bond acceptors (Lipinski definition) is 4. The molecule has 0 amide bonds. The van der Waals surface area contributed by atoms with Gasteiger partial charge in [0.1, 0.15) is 0 Å². The summed E-state index contributed by atoms with van der Waals surface area (Å²) in [5.41, 5.74) is 0. The molecule has 0 aliphatic rings. The number of carboxylic acid groups (broad SMARTS) is 2. The molecule has 0 saturated carbocycles. The van der Waals surface area contributed by atoms with E-state index in [-0.39, 0.29) is 0 Å². The van der Waals surface area contributed by atoms with Crippen molar-refractivity contribution >= 4 is 23.5 Å². The summed E-state index contributed by atoms with van der Waals surface area (Å²) in [6.45, 7) is 0. The van der Waals surface area contributed by atoms with E-state index in [2.05, 4.69) is 0 Å². The average molecular weight is 186 g/mol. The molecule has 0 radical (unpaired) electrons. The van der Waals surface area contributed by atoms with Gasteiger partial charge >= 0.3 is 11.9 Å². The summed E-state index contributed by atoms with van der Waals surface area (Å²) in [5, 5.41) is 16.1. The largest absolute Gasteiger partial charge is 0.478 e. The highest BCUT2D eigenvalue weighted by molar-refractivity contribution is 6.37. The van der Waals surface area contributed by atoms with E-state index in [4.69, 9.17) is 10.2 Å². The third kappa shape index (κ3) is 5.31. The van der Waals surface area contributed by atoms with Crippen LogP contribution in [0.15, 0.2) is 12.2 Å². The van der Waals surface area contributed by atoms with Gasteiger partial charge in [0.25, 0.3) is 0 Å². The molecule has 0 spiro atoms. The van der Waals surface area contributed by atoms with Crippen LogP contribution in [0.25, 0.3) is 0 Å². The quantitative estimate of drug-likeness (QED) is 0.332. The van der Waals surface area contributed by atoms with Crippen molar-refractivity contribution in [1.29, 1.82) is 0 Å². The van der Waals surface area contributed by atoms with Crippen molar-refractivity contribution in [2.24, 2.45) is 0 Å². The molecule has 0 aromatic rings. The minimum Gasteiger partial charge on any atom is -0.478 e. The summed E-state index contributed by atoms with van der Waals surface area (Å²) < 4.78 is 0. The van der Waals surface area contributed by atoms with Crippen LogP contribution in [0.4, 0.5) is 0 Å². The Bertz CT molecular complexity index is 287. The van der Waals surface area contributed by atoms with Gasteiger partial charge in [0.2, 0.25) is 5.78 Å². The van der Waals surface area contributed by atoms with Crippen molar-refractivity contribution < 1.29 is 29.4 Å². The van der Waals surface area contributed by atoms with E-state index in [1.807, 2.05) is 0 Å². The standard InChI is InChI=1S/C7H6O6/c8-4(1-2-6(10)11)3-5(9)7(12)13/h1-2H,3H2,(H,10,11)(H,12,13)/b2-1+. The Morgan fingerprint density at radius 3 is 1.92 bits per heavy atom. The van der Waals surface area contributed by atoms with Crippen molar-refractivity contribution in [3.05, 3.63) is 12.2 Å². The SMILES string of the molecule is O=C(O)/C=C/C(=O)CC(=O)C(=O)O. The highest BCUT2D eigenvalue weighted by Gasteiger charge is 2.14. The van der Waals surface area contributed by atoms with Crippen LogP contribution in [0.5, 0.6) is 0 Å². The molecule has 0 atom stereocenters. The third-order valence-electron chi connectivity index (χ3n) is 0.985. The van der Waals surface area contributed by atoms with Crippen molar-refractivity contribution in [1.82, 2.24) is 0 Å². The summed E-state index contributed by atoms with van der Waals surface area (Å²) in [5.74, 6) is -5.16. The first-order valence-corrected chi connectivity index (χ1v) is 3.13. The monoisotopic (exact) mass is 186 g/mol. The Morgan fingerprint density at radius 2 is 1.54 bits per heavy atom. The van der Waals surface area contributed by atoms with Crippen molar-refractivity contribution in [2.45, 2.75) is 6.42 Å². The van der Waals surface area contributed by atoms with E-state index < -0.39 is 29.9 Å². The van der Waals surface area contributed by atoms with Crippen molar-refractivity contribution in [3.63, 3.8) is 0 Å². The Hall–Kier alpha value is -1.98. The second-order valence-corrected chi connectivity index (χ2v) is 2.04. The average Bonchev–Trinajstić information content (AvgIpc) is 2.00. The number of ketones is 2. The van der Waals surface area contributed by atoms with E-state index in [1.54, 1.807) is 0 Å². The zero-order chi connectivity index (χ0) is 10.4. The number of hydrogen-bond donors (Lipinski definition) is 2. The molecular weight excluding hydrogens is 180 g/mol. The van der Waals surface area contributed by atoms with Crippen LogP contribution in [-0.4, -0.2) is 33.7 Å². The predicted octanol–water partition coefficient (Wildman–Crippen LogP) is -0.760. The highest BCUT2D eigenvalue weighted by atomic mass is 16.4. The normalized spacial score (nSPS) is 9.85. The second-order valence-electron chi connectivity index (χ2n) is 2.04. The Kier molecular flexibility index (Phi) is 4.08. The number of allylic oxidation sites excluding steroid dienone is 1. The summed E-state index contributed by atoms with van der Waals surface area (Å²) >= 11 is 0. The van der Waals surface area contributed by atoms with Crippen molar-refractivity contribution in [3.8, 4) is 0 Å². The molecule has 0 unspecified atom stereocenters. The molecule has 70 valence electrons. The first kappa shape index (κ1) is 11.0. The van der Waals surface area contributed by atoms with Crippen LogP contribution < -0.4 is 0 Å². The molecule has 0 rings (SSSR count). The Labute approximate surface area is 72.5 Å². The maximum Gasteiger partial charge on any atom is 0.372 e. The number of rotatable bonds is 5. The fraction of sp³-hybridized carbons (Fsp3) is 0.143. The van der Waals surface area contributed by atoms with E-state index in [0.29, 0.717) is 12.2 Å². The molecule has 0 saturated heterocycles. The number of carboxylic acids is 2. The Morgan fingerprint density at radius 1 is 1.00 bits per heavy atom. The highest BCUT2D eigenvalue weighted by Crippen LogP contribution is 1.88. The molecule has 13 heavy (non-hydrogen) atoms. The lowest BCUT2D eigenvalue weighted by Crippen LogP contribution is -2.15. The van der Waals surface area contributed by atoms with E-state index in [9.17, 15) is 19.2 Å². The van der Waals surface area contributed by atoms with Gasteiger partial charge in [-0.3, -0.25) is 9.59 Å². The third-order valence-corrected chi connectivity index (χ3v) is 0.985. The molecule has 0 fully saturated rings. The number of carbonyl (C=O) groups is 4. The fourth-order valence-corrected chi connectivity index (χ4v) is 0.457. The molecule has 0 aliphatic carbocycles. The van der Waals surface area contributed by atoms with Gasteiger partial charge in [-0.05, 0) is 6.08 Å². The first-order chi connectivity index (χ1) is 5.93. The zero-order valence-electron chi connectivity index (χ0n) is 6.39. The van der Waals surface area contributed by atoms with Gasteiger partial charge < -0.3 is 10.2 Å². The summed E-state index contributed by atoms with van der Waals surface area (Å²) in [6.07, 6.45) is 0.361. The van der Waals surface area contributed by atoms with Gasteiger partial charge in [0.15, 0.2) is 5.78 Å². The molecule has 0 aliphatic heterocycles. The van der Waals surface area contributed by atoms with Gasteiger partial charge in [0, 0.05) is 6.08 Å². The maximum absolute atomic E-state index is 10.6. The minimum atomic E-state index is -1.71. The van der Waals surface area contributed by atoms with Gasteiger partial charge in [-0.2, -0.15) is 0 Å². The van der Waals surface area contributed by atoms with Crippen LogP contribution in [0, 0.1) is 0 Å². The van der Waals surface area contributed by atoms with E-state index in [1.165, 1.54) is 0 Å². The van der Waals surface area contributed by atoms with Gasteiger partial charge in [-0.15, -0.1) is 0 Å². The number of aliphatic carboxylic acids is 2. The van der Waals surface area contributed by atoms with Crippen LogP contribution >= 0.6 is 0 Å². The fourth-order valence-electron chi connectivity index (χ4n) is 0.457. The van der Waals surface area contributed by atoms with Gasteiger partial charge in [0.05, 0.1) is 6.42 Å². The molecule has 0 aromatic carbocycles. The summed E-state index contributed by atoms with van der Waals surface area (Å²) in [7, 11) is 0. The molecule has 0 heterocycles. The van der Waals surface area contributed by atoms with Crippen molar-refractivity contribution in [2.75, 3.05) is 0 Å². The van der Waals surface area contributed by atoms with E-state index in [0.717, 1.165) is 0 Å². The van der Waals surface area contributed by atoms with Crippen LogP contribution in [-0.2, 0) is 19.2 Å². The lowest BCUT2D eigenvalue weighted by atomic mass is 10.2. The minimum absolute atomic E-state index is 0.539. The summed E-state index contributed by atoms with van der Waals surface area (Å²) in [4.78, 5) is 40.8. The summed E-state index contributed by atoms with van der Waals surface area (Å²) in [6, 6.07) is 0. The second kappa shape index (κ2) is 4.81. The van der Waals surface area contributed by atoms with Crippen LogP contribution in [0.1, 0.15) is 6.42 Å².